The second kappa shape index (κ2) is 6.72. The lowest BCUT2D eigenvalue weighted by Gasteiger charge is -2.30. The van der Waals surface area contributed by atoms with Crippen LogP contribution in [0.5, 0.6) is 0 Å². The molecule has 3 aromatic rings. The van der Waals surface area contributed by atoms with Gasteiger partial charge in [-0.3, -0.25) is 4.99 Å². The number of para-hydroxylation sites is 1. The van der Waals surface area contributed by atoms with E-state index in [1.54, 1.807) is 11.8 Å². The van der Waals surface area contributed by atoms with Crippen LogP contribution >= 0.6 is 11.8 Å². The van der Waals surface area contributed by atoms with E-state index in [9.17, 15) is 0 Å². The van der Waals surface area contributed by atoms with Gasteiger partial charge in [0.05, 0.1) is 12.1 Å². The zero-order valence-electron chi connectivity index (χ0n) is 15.2. The molecule has 3 N–H and O–H groups in total. The van der Waals surface area contributed by atoms with Gasteiger partial charge >= 0.3 is 0 Å². The molecule has 1 aliphatic heterocycles. The van der Waals surface area contributed by atoms with Crippen molar-refractivity contribution in [3.05, 3.63) is 65.9 Å². The maximum Gasteiger partial charge on any atom is 0.154 e. The highest BCUT2D eigenvalue weighted by atomic mass is 32.2. The number of nitrogens with one attached hydrogen (secondary N) is 1. The van der Waals surface area contributed by atoms with Crippen molar-refractivity contribution >= 4 is 33.5 Å². The lowest BCUT2D eigenvalue weighted by atomic mass is 9.89. The van der Waals surface area contributed by atoms with Gasteiger partial charge in [-0.1, -0.05) is 42.1 Å². The van der Waals surface area contributed by atoms with Crippen LogP contribution in [0.4, 0.5) is 5.69 Å². The number of nitrogens with zero attached hydrogens (tertiary/aromatic N) is 2. The van der Waals surface area contributed by atoms with Crippen molar-refractivity contribution in [1.82, 2.24) is 4.57 Å². The minimum atomic E-state index is -0.229. The van der Waals surface area contributed by atoms with Crippen LogP contribution in [0.3, 0.4) is 0 Å². The molecule has 2 heterocycles. The molecule has 0 saturated carbocycles. The zero-order chi connectivity index (χ0) is 18.1. The molecule has 5 heteroatoms. The van der Waals surface area contributed by atoms with Crippen molar-refractivity contribution < 1.29 is 0 Å². The maximum absolute atomic E-state index is 5.97. The SMILES string of the molecule is Cn1c(CNc2cccc(C3(C)CCSC(N)=N3)c2)cc2ccccc21. The fourth-order valence-electron chi connectivity index (χ4n) is 3.57. The average molecular weight is 365 g/mol. The first kappa shape index (κ1) is 17.0. The van der Waals surface area contributed by atoms with Gasteiger partial charge in [0.25, 0.3) is 0 Å². The Kier molecular flexibility index (Phi) is 4.41. The number of hydrogen-bond donors (Lipinski definition) is 2. The highest BCUT2D eigenvalue weighted by Gasteiger charge is 2.29. The minimum Gasteiger partial charge on any atom is -0.379 e. The molecule has 26 heavy (non-hydrogen) atoms. The Bertz CT molecular complexity index is 975. The second-order valence-corrected chi connectivity index (χ2v) is 8.13. The maximum atomic E-state index is 5.97. The van der Waals surface area contributed by atoms with E-state index in [0.717, 1.165) is 24.4 Å². The molecule has 0 amide bonds. The first-order valence-electron chi connectivity index (χ1n) is 8.91. The van der Waals surface area contributed by atoms with Gasteiger partial charge in [0.1, 0.15) is 0 Å². The molecule has 0 aliphatic carbocycles. The third-order valence-corrected chi connectivity index (χ3v) is 6.00. The number of thioether (sulfide) groups is 1. The molecule has 0 spiro atoms. The molecule has 1 atom stereocenters. The fraction of sp³-hybridized carbons (Fsp3) is 0.286. The molecule has 134 valence electrons. The van der Waals surface area contributed by atoms with E-state index in [-0.39, 0.29) is 5.54 Å². The second-order valence-electron chi connectivity index (χ2n) is 7.01. The van der Waals surface area contributed by atoms with Gasteiger partial charge in [0.2, 0.25) is 0 Å². The Balaban J connectivity index is 1.56. The molecule has 0 saturated heterocycles. The molecule has 1 unspecified atom stereocenters. The van der Waals surface area contributed by atoms with E-state index in [0.29, 0.717) is 5.17 Å². The molecule has 0 bridgehead atoms. The van der Waals surface area contributed by atoms with Gasteiger partial charge in [-0.25, -0.2) is 0 Å². The number of hydrogen-bond acceptors (Lipinski definition) is 4. The Morgan fingerprint density at radius 3 is 2.85 bits per heavy atom. The molecule has 2 aromatic carbocycles. The van der Waals surface area contributed by atoms with E-state index in [1.807, 2.05) is 0 Å². The molecule has 4 rings (SSSR count). The normalized spacial score (nSPS) is 20.2. The van der Waals surface area contributed by atoms with Crippen LogP contribution in [0.25, 0.3) is 10.9 Å². The van der Waals surface area contributed by atoms with Gasteiger partial charge in [-0.2, -0.15) is 0 Å². The van der Waals surface area contributed by atoms with Crippen LogP contribution in [0.1, 0.15) is 24.6 Å². The van der Waals surface area contributed by atoms with Gasteiger partial charge in [-0.15, -0.1) is 0 Å². The topological polar surface area (TPSA) is 55.3 Å². The number of aliphatic imine (C=N–C) groups is 1. The molecule has 4 nitrogen and oxygen atoms in total. The third-order valence-electron chi connectivity index (χ3n) is 5.20. The predicted molar refractivity (Wildman–Crippen MR) is 113 cm³/mol. The van der Waals surface area contributed by atoms with Crippen molar-refractivity contribution in [1.29, 1.82) is 0 Å². The Hall–Kier alpha value is -2.40. The van der Waals surface area contributed by atoms with Crippen LogP contribution in [0.15, 0.2) is 59.6 Å². The monoisotopic (exact) mass is 364 g/mol. The average Bonchev–Trinajstić information content (AvgIpc) is 2.96. The number of aryl methyl sites for hydroxylation is 1. The smallest absolute Gasteiger partial charge is 0.154 e. The predicted octanol–water partition coefficient (Wildman–Crippen LogP) is 4.46. The highest BCUT2D eigenvalue weighted by molar-refractivity contribution is 8.13. The fourth-order valence-corrected chi connectivity index (χ4v) is 4.54. The Labute approximate surface area is 158 Å². The summed E-state index contributed by atoms with van der Waals surface area (Å²) in [7, 11) is 2.12. The van der Waals surface area contributed by atoms with Crippen molar-refractivity contribution in [2.75, 3.05) is 11.1 Å². The van der Waals surface area contributed by atoms with Crippen LogP contribution in [0.2, 0.25) is 0 Å². The largest absolute Gasteiger partial charge is 0.379 e. The van der Waals surface area contributed by atoms with Crippen LogP contribution in [-0.2, 0) is 19.1 Å². The van der Waals surface area contributed by atoms with Crippen LogP contribution in [-0.4, -0.2) is 15.5 Å². The van der Waals surface area contributed by atoms with Gasteiger partial charge in [0, 0.05) is 29.7 Å². The number of aromatic nitrogens is 1. The third kappa shape index (κ3) is 3.19. The van der Waals surface area contributed by atoms with Gasteiger partial charge < -0.3 is 15.6 Å². The summed E-state index contributed by atoms with van der Waals surface area (Å²) < 4.78 is 2.25. The molecule has 0 radical (unpaired) electrons. The summed E-state index contributed by atoms with van der Waals surface area (Å²) in [6.45, 7) is 2.95. The molecule has 1 aromatic heterocycles. The first-order chi connectivity index (χ1) is 12.5. The lowest BCUT2D eigenvalue weighted by Crippen LogP contribution is -2.28. The number of amidine groups is 1. The highest BCUT2D eigenvalue weighted by Crippen LogP contribution is 2.36. The standard InChI is InChI=1S/C21H24N4S/c1-21(10-11-26-20(22)24-21)16-7-5-8-17(13-16)23-14-18-12-15-6-3-4-9-19(15)25(18)2/h3-9,12-13,23H,10-11,14H2,1-2H3,(H2,22,24). The summed E-state index contributed by atoms with van der Waals surface area (Å²) in [4.78, 5) is 4.71. The summed E-state index contributed by atoms with van der Waals surface area (Å²) >= 11 is 1.64. The summed E-state index contributed by atoms with van der Waals surface area (Å²) in [6.07, 6.45) is 1.00. The molecule has 0 fully saturated rings. The number of nitrogens with two attached hydrogens (primary N) is 1. The van der Waals surface area contributed by atoms with E-state index < -0.39 is 0 Å². The Morgan fingerprint density at radius 1 is 1.19 bits per heavy atom. The number of anilines is 1. The summed E-state index contributed by atoms with van der Waals surface area (Å²) in [5.74, 6) is 1.01. The van der Waals surface area contributed by atoms with E-state index in [2.05, 4.69) is 78.5 Å². The van der Waals surface area contributed by atoms with Crippen molar-refractivity contribution in [2.24, 2.45) is 17.8 Å². The molecule has 1 aliphatic rings. The summed E-state index contributed by atoms with van der Waals surface area (Å²) in [5, 5.41) is 5.53. The molecular weight excluding hydrogens is 340 g/mol. The summed E-state index contributed by atoms with van der Waals surface area (Å²) in [6, 6.07) is 19.3. The lowest BCUT2D eigenvalue weighted by molar-refractivity contribution is 0.482. The van der Waals surface area contributed by atoms with Gasteiger partial charge in [0.15, 0.2) is 5.17 Å². The Morgan fingerprint density at radius 2 is 2.04 bits per heavy atom. The van der Waals surface area contributed by atoms with Gasteiger partial charge in [-0.05, 0) is 48.6 Å². The first-order valence-corrected chi connectivity index (χ1v) is 9.90. The number of fused-ring (bicyclic) bond motifs is 1. The number of benzene rings is 2. The summed E-state index contributed by atoms with van der Waals surface area (Å²) in [5.41, 5.74) is 10.6. The van der Waals surface area contributed by atoms with E-state index in [1.165, 1.54) is 22.2 Å². The van der Waals surface area contributed by atoms with E-state index in [4.69, 9.17) is 10.7 Å². The van der Waals surface area contributed by atoms with Crippen molar-refractivity contribution in [3.63, 3.8) is 0 Å². The van der Waals surface area contributed by atoms with Crippen molar-refractivity contribution in [3.8, 4) is 0 Å². The minimum absolute atomic E-state index is 0.229. The number of rotatable bonds is 4. The van der Waals surface area contributed by atoms with Crippen molar-refractivity contribution in [2.45, 2.75) is 25.4 Å². The quantitative estimate of drug-likeness (QED) is 0.719. The zero-order valence-corrected chi connectivity index (χ0v) is 16.0. The van der Waals surface area contributed by atoms with Crippen LogP contribution in [0, 0.1) is 0 Å². The van der Waals surface area contributed by atoms with E-state index >= 15 is 0 Å². The molecular formula is C21H24N4S. The van der Waals surface area contributed by atoms with Crippen LogP contribution < -0.4 is 11.1 Å².